The number of nitrogens with one attached hydrogen (secondary N) is 1. The fraction of sp³-hybridized carbons (Fsp3) is 1.00. The fourth-order valence-corrected chi connectivity index (χ4v) is 4.82. The molecule has 2 fully saturated rings. The van der Waals surface area contributed by atoms with Crippen LogP contribution in [0.15, 0.2) is 0 Å². The summed E-state index contributed by atoms with van der Waals surface area (Å²) in [6, 6.07) is 0.371. The zero-order valence-corrected chi connectivity index (χ0v) is 15.6. The summed E-state index contributed by atoms with van der Waals surface area (Å²) < 4.78 is 35.0. The lowest BCUT2D eigenvalue weighted by Gasteiger charge is -2.37. The van der Waals surface area contributed by atoms with Gasteiger partial charge in [-0.15, -0.1) is 0 Å². The Morgan fingerprint density at radius 2 is 1.78 bits per heavy atom. The highest BCUT2D eigenvalue weighted by Crippen LogP contribution is 2.23. The van der Waals surface area contributed by atoms with E-state index in [9.17, 15) is 8.42 Å². The van der Waals surface area contributed by atoms with Crippen molar-refractivity contribution < 1.29 is 13.2 Å². The summed E-state index contributed by atoms with van der Waals surface area (Å²) in [6.07, 6.45) is 5.45. The van der Waals surface area contributed by atoms with Crippen molar-refractivity contribution in [1.29, 1.82) is 0 Å². The molecule has 136 valence electrons. The molecule has 1 heterocycles. The highest BCUT2D eigenvalue weighted by Gasteiger charge is 2.30. The van der Waals surface area contributed by atoms with E-state index >= 15 is 0 Å². The molecule has 0 aromatic rings. The molecule has 1 atom stereocenters. The number of hydrogen-bond donors (Lipinski definition) is 1. The Kier molecular flexibility index (Phi) is 7.28. The van der Waals surface area contributed by atoms with E-state index < -0.39 is 10.2 Å². The minimum absolute atomic E-state index is 0.155. The van der Waals surface area contributed by atoms with Gasteiger partial charge in [-0.2, -0.15) is 12.7 Å². The molecule has 2 rings (SSSR count). The van der Waals surface area contributed by atoms with Gasteiger partial charge in [0.25, 0.3) is 10.2 Å². The van der Waals surface area contributed by atoms with Crippen LogP contribution < -0.4 is 4.72 Å². The van der Waals surface area contributed by atoms with Gasteiger partial charge in [-0.05, 0) is 18.8 Å². The van der Waals surface area contributed by atoms with Gasteiger partial charge in [-0.25, -0.2) is 4.72 Å². The van der Waals surface area contributed by atoms with Crippen LogP contribution in [0.5, 0.6) is 0 Å². The predicted octanol–water partition coefficient (Wildman–Crippen LogP) is 1.44. The number of rotatable bonds is 7. The average molecular weight is 348 g/mol. The average Bonchev–Trinajstić information content (AvgIpc) is 2.55. The molecule has 1 saturated heterocycles. The Morgan fingerprint density at radius 1 is 1.17 bits per heavy atom. The van der Waals surface area contributed by atoms with Crippen molar-refractivity contribution in [2.24, 2.45) is 5.92 Å². The van der Waals surface area contributed by atoms with Crippen molar-refractivity contribution in [2.75, 3.05) is 39.9 Å². The Bertz CT molecular complexity index is 443. The van der Waals surface area contributed by atoms with E-state index in [-0.39, 0.29) is 12.1 Å². The van der Waals surface area contributed by atoms with Crippen molar-refractivity contribution >= 4 is 10.2 Å². The van der Waals surface area contributed by atoms with Gasteiger partial charge in [0.1, 0.15) is 0 Å². The molecule has 0 aromatic heterocycles. The van der Waals surface area contributed by atoms with Gasteiger partial charge in [-0.1, -0.05) is 33.1 Å². The van der Waals surface area contributed by atoms with Crippen LogP contribution in [0.2, 0.25) is 0 Å². The second-order valence-corrected chi connectivity index (χ2v) is 8.94. The molecule has 1 N–H and O–H groups in total. The van der Waals surface area contributed by atoms with Crippen LogP contribution in [-0.2, 0) is 14.9 Å². The van der Waals surface area contributed by atoms with E-state index in [4.69, 9.17) is 4.74 Å². The van der Waals surface area contributed by atoms with Crippen LogP contribution in [0, 0.1) is 5.92 Å². The molecule has 1 aliphatic heterocycles. The summed E-state index contributed by atoms with van der Waals surface area (Å²) in [7, 11) is -1.68. The Hall–Kier alpha value is -0.210. The van der Waals surface area contributed by atoms with E-state index in [1.165, 1.54) is 6.42 Å². The minimum atomic E-state index is -3.40. The van der Waals surface area contributed by atoms with Crippen LogP contribution in [0.25, 0.3) is 0 Å². The lowest BCUT2D eigenvalue weighted by atomic mass is 9.96. The van der Waals surface area contributed by atoms with Crippen LogP contribution in [0.4, 0.5) is 0 Å². The Morgan fingerprint density at radius 3 is 2.35 bits per heavy atom. The van der Waals surface area contributed by atoms with Crippen LogP contribution in [-0.4, -0.2) is 69.6 Å². The summed E-state index contributed by atoms with van der Waals surface area (Å²) in [5, 5.41) is 0. The van der Waals surface area contributed by atoms with Gasteiger partial charge in [0.05, 0.1) is 13.2 Å². The molecule has 0 spiro atoms. The number of ether oxygens (including phenoxy) is 1. The molecule has 2 aliphatic rings. The van der Waals surface area contributed by atoms with Gasteiger partial charge in [0, 0.05) is 38.8 Å². The minimum Gasteiger partial charge on any atom is -0.379 e. The molecule has 0 bridgehead atoms. The molecule has 0 aromatic carbocycles. The molecule has 1 aliphatic carbocycles. The molecule has 1 saturated carbocycles. The number of nitrogens with zero attached hydrogens (tertiary/aromatic N) is 2. The summed E-state index contributed by atoms with van der Waals surface area (Å²) in [4.78, 5) is 2.34. The van der Waals surface area contributed by atoms with Gasteiger partial charge in [-0.3, -0.25) is 4.90 Å². The third kappa shape index (κ3) is 5.39. The molecular formula is C16H33N3O3S. The van der Waals surface area contributed by atoms with Crippen LogP contribution >= 0.6 is 0 Å². The zero-order chi connectivity index (χ0) is 16.9. The molecule has 7 heteroatoms. The second-order valence-electron chi connectivity index (χ2n) is 7.12. The van der Waals surface area contributed by atoms with Crippen molar-refractivity contribution in [3.05, 3.63) is 0 Å². The summed E-state index contributed by atoms with van der Waals surface area (Å²) in [5.74, 6) is 0.399. The Labute approximate surface area is 141 Å². The topological polar surface area (TPSA) is 61.9 Å². The van der Waals surface area contributed by atoms with Crippen molar-refractivity contribution in [1.82, 2.24) is 13.9 Å². The summed E-state index contributed by atoms with van der Waals surface area (Å²) >= 11 is 0. The molecule has 0 radical (unpaired) electrons. The lowest BCUT2D eigenvalue weighted by molar-refractivity contribution is 0.00767. The number of hydrogen-bond acceptors (Lipinski definition) is 4. The molecule has 1 unspecified atom stereocenters. The normalized spacial score (nSPS) is 23.5. The molecule has 0 amide bonds. The first-order valence-corrected chi connectivity index (χ1v) is 10.4. The van der Waals surface area contributed by atoms with Crippen LogP contribution in [0.3, 0.4) is 0 Å². The lowest BCUT2D eigenvalue weighted by Crippen LogP contribution is -2.53. The quantitative estimate of drug-likeness (QED) is 0.757. The third-order valence-electron chi connectivity index (χ3n) is 5.23. The van der Waals surface area contributed by atoms with Gasteiger partial charge < -0.3 is 4.74 Å². The maximum absolute atomic E-state index is 12.6. The van der Waals surface area contributed by atoms with Crippen LogP contribution in [0.1, 0.15) is 46.0 Å². The van der Waals surface area contributed by atoms with Crippen molar-refractivity contribution in [2.45, 2.75) is 58.0 Å². The first-order chi connectivity index (χ1) is 10.9. The first kappa shape index (κ1) is 19.1. The fourth-order valence-electron chi connectivity index (χ4n) is 3.63. The smallest absolute Gasteiger partial charge is 0.279 e. The molecule has 6 nitrogen and oxygen atoms in total. The standard InChI is InChI=1S/C16H33N3O3S/c1-14(2)16(19-9-11-22-12-10-19)13-17-23(20,21)18(3)15-7-5-4-6-8-15/h14-17H,4-13H2,1-3H3. The third-order valence-corrected chi connectivity index (χ3v) is 6.82. The summed E-state index contributed by atoms with van der Waals surface area (Å²) in [6.45, 7) is 8.00. The maximum atomic E-state index is 12.6. The second kappa shape index (κ2) is 8.76. The van der Waals surface area contributed by atoms with Crippen molar-refractivity contribution in [3.63, 3.8) is 0 Å². The van der Waals surface area contributed by atoms with E-state index in [1.807, 2.05) is 0 Å². The Balaban J connectivity index is 1.92. The number of morpholine rings is 1. The van der Waals surface area contributed by atoms with Gasteiger partial charge in [0.2, 0.25) is 0 Å². The van der Waals surface area contributed by atoms with E-state index in [0.29, 0.717) is 12.5 Å². The van der Waals surface area contributed by atoms with Crippen molar-refractivity contribution in [3.8, 4) is 0 Å². The monoisotopic (exact) mass is 347 g/mol. The maximum Gasteiger partial charge on any atom is 0.279 e. The van der Waals surface area contributed by atoms with E-state index in [0.717, 1.165) is 52.0 Å². The SMILES string of the molecule is CC(C)C(CNS(=O)(=O)N(C)C1CCCCC1)N1CCOCC1. The van der Waals surface area contributed by atoms with E-state index in [2.05, 4.69) is 23.5 Å². The predicted molar refractivity (Wildman–Crippen MR) is 92.6 cm³/mol. The highest BCUT2D eigenvalue weighted by atomic mass is 32.2. The van der Waals surface area contributed by atoms with E-state index in [1.54, 1.807) is 11.4 Å². The zero-order valence-electron chi connectivity index (χ0n) is 14.8. The first-order valence-electron chi connectivity index (χ1n) is 8.96. The largest absolute Gasteiger partial charge is 0.379 e. The van der Waals surface area contributed by atoms with Gasteiger partial charge >= 0.3 is 0 Å². The molecule has 23 heavy (non-hydrogen) atoms. The highest BCUT2D eigenvalue weighted by molar-refractivity contribution is 7.87. The summed E-state index contributed by atoms with van der Waals surface area (Å²) in [5.41, 5.74) is 0. The van der Waals surface area contributed by atoms with Gasteiger partial charge in [0.15, 0.2) is 0 Å². The molecular weight excluding hydrogens is 314 g/mol.